The summed E-state index contributed by atoms with van der Waals surface area (Å²) < 4.78 is 11.6. The Hall–Kier alpha value is -3.41. The molecule has 1 aromatic carbocycles. The van der Waals surface area contributed by atoms with Crippen LogP contribution in [-0.4, -0.2) is 70.9 Å². The highest BCUT2D eigenvalue weighted by Gasteiger charge is 2.26. The number of ether oxygens (including phenoxy) is 2. The lowest BCUT2D eigenvalue weighted by molar-refractivity contribution is -0.117. The van der Waals surface area contributed by atoms with Crippen LogP contribution in [-0.2, 0) is 16.1 Å². The largest absolute Gasteiger partial charge is 0.489 e. The summed E-state index contributed by atoms with van der Waals surface area (Å²) in [6.07, 6.45) is 2.49. The topological polar surface area (TPSA) is 125 Å². The Bertz CT molecular complexity index is 1220. The number of nitrogens with zero attached hydrogens (tertiary/aromatic N) is 2. The molecule has 2 amide bonds. The summed E-state index contributed by atoms with van der Waals surface area (Å²) in [6, 6.07) is 7.29. The van der Waals surface area contributed by atoms with Gasteiger partial charge < -0.3 is 35.4 Å². The lowest BCUT2D eigenvalue weighted by Crippen LogP contribution is -2.47. The van der Waals surface area contributed by atoms with Crippen molar-refractivity contribution in [1.82, 2.24) is 20.5 Å². The maximum atomic E-state index is 12.8. The normalized spacial score (nSPS) is 17.7. The molecule has 0 saturated carbocycles. The number of aromatic nitrogens is 1. The Morgan fingerprint density at radius 1 is 1.41 bits per heavy atom. The molecule has 2 aromatic rings. The number of amides is 2. The molecule has 1 aromatic heterocycles. The Balaban J connectivity index is 1.44. The van der Waals surface area contributed by atoms with E-state index in [0.29, 0.717) is 54.0 Å². The molecule has 37 heavy (non-hydrogen) atoms. The van der Waals surface area contributed by atoms with Gasteiger partial charge in [-0.2, -0.15) is 0 Å². The van der Waals surface area contributed by atoms with E-state index in [0.717, 1.165) is 22.5 Å². The summed E-state index contributed by atoms with van der Waals surface area (Å²) >= 11 is 11.8. The van der Waals surface area contributed by atoms with E-state index in [9.17, 15) is 14.7 Å². The van der Waals surface area contributed by atoms with E-state index in [-0.39, 0.29) is 25.2 Å². The monoisotopic (exact) mass is 545 g/mol. The predicted molar refractivity (Wildman–Crippen MR) is 143 cm³/mol. The molecule has 1 atom stereocenters. The fourth-order valence-electron chi connectivity index (χ4n) is 4.06. The van der Waals surface area contributed by atoms with Crippen molar-refractivity contribution in [1.29, 1.82) is 0 Å². The van der Waals surface area contributed by atoms with Gasteiger partial charge in [0.15, 0.2) is 0 Å². The standard InChI is InChI=1S/C25H28ClN5O5S/c1-15-18(26)3-2-4-19(15)30-24(37)22-20(6-8-28-23(22)32)29-11-16-5-7-27-12-21(16)36-14-17-13-31(25(33)34)9-10-35-17/h2-5,7,12,17,29H,6,8-11,13-14H2,1H3,(H,28,32)(H,30,37)(H,33,34)/t17-/m0/s1. The molecular formula is C25H28ClN5O5S. The molecule has 0 aliphatic carbocycles. The second-order valence-electron chi connectivity index (χ2n) is 8.60. The van der Waals surface area contributed by atoms with Gasteiger partial charge in [0.2, 0.25) is 0 Å². The van der Waals surface area contributed by atoms with Gasteiger partial charge >= 0.3 is 6.09 Å². The highest BCUT2D eigenvalue weighted by Crippen LogP contribution is 2.25. The average molecular weight is 546 g/mol. The number of carboxylic acid groups (broad SMARTS) is 1. The van der Waals surface area contributed by atoms with Gasteiger partial charge in [-0.1, -0.05) is 29.9 Å². The Labute approximate surface area is 225 Å². The molecule has 1 saturated heterocycles. The smallest absolute Gasteiger partial charge is 0.407 e. The summed E-state index contributed by atoms with van der Waals surface area (Å²) in [5, 5.41) is 19.2. The summed E-state index contributed by atoms with van der Waals surface area (Å²) in [5.41, 5.74) is 3.49. The van der Waals surface area contributed by atoms with Crippen LogP contribution in [0.25, 0.3) is 0 Å². The lowest BCUT2D eigenvalue weighted by Gasteiger charge is -2.31. The van der Waals surface area contributed by atoms with E-state index >= 15 is 0 Å². The van der Waals surface area contributed by atoms with Crippen LogP contribution in [0.1, 0.15) is 17.5 Å². The molecule has 4 rings (SSSR count). The van der Waals surface area contributed by atoms with Gasteiger partial charge in [-0.05, 0) is 30.7 Å². The van der Waals surface area contributed by atoms with E-state index in [1.807, 2.05) is 25.1 Å². The van der Waals surface area contributed by atoms with Gasteiger partial charge in [-0.25, -0.2) is 4.79 Å². The van der Waals surface area contributed by atoms with Gasteiger partial charge in [-0.3, -0.25) is 9.78 Å². The number of benzene rings is 1. The summed E-state index contributed by atoms with van der Waals surface area (Å²) in [4.78, 5) is 29.8. The number of pyridine rings is 1. The molecule has 2 aliphatic heterocycles. The number of morpholine rings is 1. The number of anilines is 1. The molecular weight excluding hydrogens is 518 g/mol. The minimum Gasteiger partial charge on any atom is -0.489 e. The number of rotatable bonds is 8. The van der Waals surface area contributed by atoms with Crippen molar-refractivity contribution < 1.29 is 24.2 Å². The van der Waals surface area contributed by atoms with Crippen LogP contribution in [0.5, 0.6) is 5.75 Å². The first-order chi connectivity index (χ1) is 17.8. The Morgan fingerprint density at radius 2 is 2.24 bits per heavy atom. The van der Waals surface area contributed by atoms with Crippen LogP contribution in [0.2, 0.25) is 5.02 Å². The molecule has 1 fully saturated rings. The fourth-order valence-corrected chi connectivity index (χ4v) is 4.56. The minimum absolute atomic E-state index is 0.186. The molecule has 0 bridgehead atoms. The lowest BCUT2D eigenvalue weighted by atomic mass is 10.1. The van der Waals surface area contributed by atoms with Crippen LogP contribution in [0, 0.1) is 6.92 Å². The second-order valence-corrected chi connectivity index (χ2v) is 9.41. The molecule has 3 heterocycles. The summed E-state index contributed by atoms with van der Waals surface area (Å²) in [5.74, 6) is 0.290. The zero-order valence-corrected chi connectivity index (χ0v) is 21.8. The molecule has 2 aliphatic rings. The number of halogens is 1. The second kappa shape index (κ2) is 12.2. The minimum atomic E-state index is -0.974. The highest BCUT2D eigenvalue weighted by atomic mass is 35.5. The van der Waals surface area contributed by atoms with Crippen molar-refractivity contribution in [2.24, 2.45) is 0 Å². The van der Waals surface area contributed by atoms with Crippen molar-refractivity contribution in [2.45, 2.75) is 26.0 Å². The third-order valence-corrected chi connectivity index (χ3v) is 6.84. The van der Waals surface area contributed by atoms with Crippen molar-refractivity contribution >= 4 is 46.5 Å². The number of carbonyl (C=O) groups is 2. The third kappa shape index (κ3) is 6.68. The number of thiocarbonyl (C=S) groups is 1. The molecule has 0 radical (unpaired) electrons. The summed E-state index contributed by atoms with van der Waals surface area (Å²) in [7, 11) is 0. The van der Waals surface area contributed by atoms with E-state index in [1.165, 1.54) is 4.90 Å². The van der Waals surface area contributed by atoms with Crippen LogP contribution < -0.4 is 20.7 Å². The number of nitrogens with one attached hydrogen (secondary N) is 3. The maximum absolute atomic E-state index is 12.8. The zero-order valence-electron chi connectivity index (χ0n) is 20.3. The van der Waals surface area contributed by atoms with Crippen LogP contribution in [0.3, 0.4) is 0 Å². The van der Waals surface area contributed by atoms with Crippen molar-refractivity contribution in [3.8, 4) is 5.75 Å². The fraction of sp³-hybridized carbons (Fsp3) is 0.360. The number of carbonyl (C=O) groups excluding carboxylic acids is 1. The van der Waals surface area contributed by atoms with E-state index in [2.05, 4.69) is 20.9 Å². The van der Waals surface area contributed by atoms with E-state index < -0.39 is 6.09 Å². The Kier molecular flexibility index (Phi) is 8.80. The molecule has 0 unspecified atom stereocenters. The Morgan fingerprint density at radius 3 is 3.05 bits per heavy atom. The summed E-state index contributed by atoms with van der Waals surface area (Å²) in [6.45, 7) is 3.83. The first kappa shape index (κ1) is 26.6. The third-order valence-electron chi connectivity index (χ3n) is 6.13. The van der Waals surface area contributed by atoms with Crippen LogP contribution in [0.4, 0.5) is 10.5 Å². The van der Waals surface area contributed by atoms with Crippen molar-refractivity contribution in [3.63, 3.8) is 0 Å². The van der Waals surface area contributed by atoms with Crippen LogP contribution in [0.15, 0.2) is 47.9 Å². The van der Waals surface area contributed by atoms with Gasteiger partial charge in [0.1, 0.15) is 23.4 Å². The molecule has 4 N–H and O–H groups in total. The van der Waals surface area contributed by atoms with E-state index in [4.69, 9.17) is 33.3 Å². The van der Waals surface area contributed by atoms with Gasteiger partial charge in [0, 0.05) is 54.2 Å². The first-order valence-electron chi connectivity index (χ1n) is 11.8. The van der Waals surface area contributed by atoms with Gasteiger partial charge in [0.25, 0.3) is 5.91 Å². The molecule has 10 nitrogen and oxygen atoms in total. The van der Waals surface area contributed by atoms with E-state index in [1.54, 1.807) is 18.5 Å². The first-order valence-corrected chi connectivity index (χ1v) is 12.6. The molecule has 12 heteroatoms. The van der Waals surface area contributed by atoms with Gasteiger partial charge in [-0.15, -0.1) is 0 Å². The van der Waals surface area contributed by atoms with Crippen LogP contribution >= 0.6 is 23.8 Å². The number of hydrogen-bond acceptors (Lipinski definition) is 7. The maximum Gasteiger partial charge on any atom is 0.407 e. The SMILES string of the molecule is Cc1c(Cl)cccc1NC(=S)C1=C(NCc2ccncc2OC[C@@H]2CN(C(=O)O)CCO2)CCNC1=O. The van der Waals surface area contributed by atoms with Crippen molar-refractivity contribution in [2.75, 3.05) is 38.2 Å². The predicted octanol–water partition coefficient (Wildman–Crippen LogP) is 3.10. The molecule has 0 spiro atoms. The molecule has 196 valence electrons. The number of hydrogen-bond donors (Lipinski definition) is 4. The van der Waals surface area contributed by atoms with Gasteiger partial charge in [0.05, 0.1) is 24.9 Å². The highest BCUT2D eigenvalue weighted by molar-refractivity contribution is 7.81. The average Bonchev–Trinajstić information content (AvgIpc) is 2.89. The zero-order chi connectivity index (χ0) is 26.4. The quantitative estimate of drug-likeness (QED) is 0.370. The van der Waals surface area contributed by atoms with Crippen molar-refractivity contribution in [3.05, 3.63) is 64.1 Å².